The molecule has 0 radical (unpaired) electrons. The van der Waals surface area contributed by atoms with Crippen LogP contribution in [0.4, 0.5) is 8.78 Å². The molecule has 0 saturated carbocycles. The van der Waals surface area contributed by atoms with Crippen molar-refractivity contribution in [1.29, 1.82) is 0 Å². The second-order valence-corrected chi connectivity index (χ2v) is 4.97. The Morgan fingerprint density at radius 2 is 2.06 bits per heavy atom. The SMILES string of the molecule is O=C(c1cc(F)c(Br)cc1F)C1CCCCN1. The van der Waals surface area contributed by atoms with Gasteiger partial charge in [0, 0.05) is 0 Å². The predicted octanol–water partition coefficient (Wildman–Crippen LogP) is 3.05. The molecular weight excluding hydrogens is 292 g/mol. The summed E-state index contributed by atoms with van der Waals surface area (Å²) in [6.07, 6.45) is 2.63. The quantitative estimate of drug-likeness (QED) is 0.672. The minimum absolute atomic E-state index is 0.0307. The van der Waals surface area contributed by atoms with Crippen LogP contribution in [0.15, 0.2) is 16.6 Å². The molecule has 1 aliphatic heterocycles. The molecule has 17 heavy (non-hydrogen) atoms. The zero-order valence-electron chi connectivity index (χ0n) is 9.10. The van der Waals surface area contributed by atoms with E-state index in [4.69, 9.17) is 0 Å². The summed E-state index contributed by atoms with van der Waals surface area (Å²) in [5.74, 6) is -1.67. The van der Waals surface area contributed by atoms with Gasteiger partial charge in [0.1, 0.15) is 11.6 Å². The summed E-state index contributed by atoms with van der Waals surface area (Å²) in [6.45, 7) is 0.747. The molecule has 0 aliphatic carbocycles. The largest absolute Gasteiger partial charge is 0.307 e. The molecule has 0 amide bonds. The van der Waals surface area contributed by atoms with Crippen LogP contribution in [0.25, 0.3) is 0 Å². The van der Waals surface area contributed by atoms with Crippen LogP contribution in [-0.4, -0.2) is 18.4 Å². The van der Waals surface area contributed by atoms with E-state index >= 15 is 0 Å². The van der Waals surface area contributed by atoms with Crippen LogP contribution in [0.1, 0.15) is 29.6 Å². The Hall–Kier alpha value is -0.810. The highest BCUT2D eigenvalue weighted by molar-refractivity contribution is 9.10. The molecule has 1 aromatic carbocycles. The number of hydrogen-bond acceptors (Lipinski definition) is 2. The van der Waals surface area contributed by atoms with Gasteiger partial charge in [-0.2, -0.15) is 0 Å². The van der Waals surface area contributed by atoms with E-state index in [2.05, 4.69) is 21.2 Å². The van der Waals surface area contributed by atoms with Crippen LogP contribution >= 0.6 is 15.9 Å². The summed E-state index contributed by atoms with van der Waals surface area (Å²) >= 11 is 2.88. The third-order valence-electron chi connectivity index (χ3n) is 2.90. The average Bonchev–Trinajstić information content (AvgIpc) is 2.34. The number of nitrogens with one attached hydrogen (secondary N) is 1. The molecule has 0 aromatic heterocycles. The molecule has 5 heteroatoms. The number of Topliss-reactive ketones (excluding diaryl/α,β-unsaturated/α-hetero) is 1. The molecule has 1 N–H and O–H groups in total. The molecule has 1 aliphatic rings. The maximum atomic E-state index is 13.6. The van der Waals surface area contributed by atoms with Gasteiger partial charge < -0.3 is 5.32 Å². The molecule has 1 heterocycles. The molecule has 2 nitrogen and oxygen atoms in total. The smallest absolute Gasteiger partial charge is 0.182 e. The van der Waals surface area contributed by atoms with Gasteiger partial charge in [-0.25, -0.2) is 8.78 Å². The van der Waals surface area contributed by atoms with Crippen molar-refractivity contribution < 1.29 is 13.6 Å². The third kappa shape index (κ3) is 2.72. The second kappa shape index (κ2) is 5.23. The molecule has 1 unspecified atom stereocenters. The van der Waals surface area contributed by atoms with E-state index in [1.165, 1.54) is 0 Å². The van der Waals surface area contributed by atoms with Crippen LogP contribution in [0.2, 0.25) is 0 Å². The van der Waals surface area contributed by atoms with E-state index < -0.39 is 11.6 Å². The molecular formula is C12H12BrF2NO. The van der Waals surface area contributed by atoms with E-state index in [0.29, 0.717) is 6.42 Å². The number of halogens is 3. The van der Waals surface area contributed by atoms with Crippen molar-refractivity contribution in [2.75, 3.05) is 6.54 Å². The Morgan fingerprint density at radius 3 is 2.71 bits per heavy atom. The minimum Gasteiger partial charge on any atom is -0.307 e. The summed E-state index contributed by atoms with van der Waals surface area (Å²) in [4.78, 5) is 12.0. The topological polar surface area (TPSA) is 29.1 Å². The van der Waals surface area contributed by atoms with Gasteiger partial charge in [-0.1, -0.05) is 6.42 Å². The van der Waals surface area contributed by atoms with Crippen LogP contribution in [0.3, 0.4) is 0 Å². The first-order valence-electron chi connectivity index (χ1n) is 5.51. The molecule has 92 valence electrons. The lowest BCUT2D eigenvalue weighted by Gasteiger charge is -2.22. The monoisotopic (exact) mass is 303 g/mol. The Bertz CT molecular complexity index is 444. The van der Waals surface area contributed by atoms with Crippen LogP contribution in [-0.2, 0) is 0 Å². The van der Waals surface area contributed by atoms with Gasteiger partial charge in [0.15, 0.2) is 5.78 Å². The molecule has 0 bridgehead atoms. The molecule has 1 aromatic rings. The Kier molecular flexibility index (Phi) is 3.89. The summed E-state index contributed by atoms with van der Waals surface area (Å²) in [5, 5.41) is 3.03. The Balaban J connectivity index is 2.26. The summed E-state index contributed by atoms with van der Waals surface area (Å²) in [7, 11) is 0. The molecule has 1 saturated heterocycles. The molecule has 1 atom stereocenters. The summed E-state index contributed by atoms with van der Waals surface area (Å²) < 4.78 is 26.9. The van der Waals surface area contributed by atoms with Crippen molar-refractivity contribution >= 4 is 21.7 Å². The third-order valence-corrected chi connectivity index (χ3v) is 3.51. The number of ketones is 1. The lowest BCUT2D eigenvalue weighted by Crippen LogP contribution is -2.40. The van der Waals surface area contributed by atoms with Gasteiger partial charge >= 0.3 is 0 Å². The second-order valence-electron chi connectivity index (χ2n) is 4.11. The highest BCUT2D eigenvalue weighted by Gasteiger charge is 2.25. The highest BCUT2D eigenvalue weighted by atomic mass is 79.9. The van der Waals surface area contributed by atoms with Crippen LogP contribution < -0.4 is 5.32 Å². The normalized spacial score (nSPS) is 20.3. The predicted molar refractivity (Wildman–Crippen MR) is 64.0 cm³/mol. The van der Waals surface area contributed by atoms with Crippen molar-refractivity contribution in [1.82, 2.24) is 5.32 Å². The Morgan fingerprint density at radius 1 is 1.29 bits per heavy atom. The number of hydrogen-bond donors (Lipinski definition) is 1. The van der Waals surface area contributed by atoms with E-state index in [0.717, 1.165) is 31.5 Å². The zero-order valence-corrected chi connectivity index (χ0v) is 10.7. The van der Waals surface area contributed by atoms with Crippen molar-refractivity contribution in [2.24, 2.45) is 0 Å². The number of benzene rings is 1. The fraction of sp³-hybridized carbons (Fsp3) is 0.417. The maximum absolute atomic E-state index is 13.6. The average molecular weight is 304 g/mol. The van der Waals surface area contributed by atoms with Gasteiger partial charge in [0.2, 0.25) is 0 Å². The lowest BCUT2D eigenvalue weighted by atomic mass is 9.96. The van der Waals surface area contributed by atoms with Gasteiger partial charge in [-0.15, -0.1) is 0 Å². The number of rotatable bonds is 2. The first-order valence-corrected chi connectivity index (χ1v) is 6.31. The standard InChI is InChI=1S/C12H12BrF2NO/c13-8-6-9(14)7(5-10(8)15)12(17)11-3-1-2-4-16-11/h5-6,11,16H,1-4H2. The first kappa shape index (κ1) is 12.6. The van der Waals surface area contributed by atoms with E-state index in [1.807, 2.05) is 0 Å². The number of piperidine rings is 1. The van der Waals surface area contributed by atoms with Crippen molar-refractivity contribution in [2.45, 2.75) is 25.3 Å². The zero-order chi connectivity index (χ0) is 12.4. The van der Waals surface area contributed by atoms with Crippen LogP contribution in [0, 0.1) is 11.6 Å². The number of carbonyl (C=O) groups is 1. The van der Waals surface area contributed by atoms with E-state index in [1.54, 1.807) is 0 Å². The number of carbonyl (C=O) groups excluding carboxylic acids is 1. The summed E-state index contributed by atoms with van der Waals surface area (Å²) in [5.41, 5.74) is -0.176. The molecule has 1 fully saturated rings. The fourth-order valence-corrected chi connectivity index (χ4v) is 2.29. The van der Waals surface area contributed by atoms with Crippen molar-refractivity contribution in [3.63, 3.8) is 0 Å². The van der Waals surface area contributed by atoms with Gasteiger partial charge in [-0.3, -0.25) is 4.79 Å². The fourth-order valence-electron chi connectivity index (χ4n) is 1.97. The van der Waals surface area contributed by atoms with Gasteiger partial charge in [0.25, 0.3) is 0 Å². The Labute approximate surface area is 107 Å². The maximum Gasteiger partial charge on any atom is 0.182 e. The summed E-state index contributed by atoms with van der Waals surface area (Å²) in [6, 6.07) is 1.56. The molecule has 0 spiro atoms. The highest BCUT2D eigenvalue weighted by Crippen LogP contribution is 2.22. The van der Waals surface area contributed by atoms with Crippen LogP contribution in [0.5, 0.6) is 0 Å². The lowest BCUT2D eigenvalue weighted by molar-refractivity contribution is 0.0922. The molecule has 2 rings (SSSR count). The van der Waals surface area contributed by atoms with Gasteiger partial charge in [0.05, 0.1) is 16.1 Å². The van der Waals surface area contributed by atoms with Crippen molar-refractivity contribution in [3.8, 4) is 0 Å². The minimum atomic E-state index is -0.685. The van der Waals surface area contributed by atoms with Crippen molar-refractivity contribution in [3.05, 3.63) is 33.8 Å². The van der Waals surface area contributed by atoms with E-state index in [-0.39, 0.29) is 21.9 Å². The first-order chi connectivity index (χ1) is 8.09. The van der Waals surface area contributed by atoms with E-state index in [9.17, 15) is 13.6 Å². The van der Waals surface area contributed by atoms with Gasteiger partial charge in [-0.05, 0) is 47.4 Å².